The molecule has 0 atom stereocenters. The fourth-order valence-electron chi connectivity index (χ4n) is 1.23. The van der Waals surface area contributed by atoms with E-state index in [1.54, 1.807) is 11.0 Å². The van der Waals surface area contributed by atoms with Crippen molar-refractivity contribution in [3.05, 3.63) is 11.8 Å². The number of hydrogen-bond donors (Lipinski definition) is 1. The fourth-order valence-corrected chi connectivity index (χ4v) is 1.23. The van der Waals surface area contributed by atoms with Crippen LogP contribution in [0.4, 0.5) is 0 Å². The van der Waals surface area contributed by atoms with E-state index in [-0.39, 0.29) is 5.91 Å². The number of hydrogen-bond acceptors (Lipinski definition) is 2. The van der Waals surface area contributed by atoms with Gasteiger partial charge in [0.15, 0.2) is 0 Å². The molecule has 0 rings (SSSR count). The highest BCUT2D eigenvalue weighted by atomic mass is 16.2. The molecule has 3 heteroatoms. The van der Waals surface area contributed by atoms with Gasteiger partial charge in [-0.15, -0.1) is 0 Å². The standard InChI is InChI=1S/C12H24N2O/c1-6-14(7-2)12(15)8-11(5)13-9-10(3)4/h8,10,13H,6-7,9H2,1-5H3. The smallest absolute Gasteiger partial charge is 0.248 e. The molecule has 88 valence electrons. The second kappa shape index (κ2) is 7.32. The lowest BCUT2D eigenvalue weighted by Gasteiger charge is -2.17. The predicted octanol–water partition coefficient (Wildman–Crippen LogP) is 2.00. The third-order valence-corrected chi connectivity index (χ3v) is 2.20. The number of carbonyl (C=O) groups is 1. The molecule has 0 aliphatic heterocycles. The van der Waals surface area contributed by atoms with E-state index in [2.05, 4.69) is 19.2 Å². The second-order valence-electron chi connectivity index (χ2n) is 4.11. The Morgan fingerprint density at radius 1 is 1.33 bits per heavy atom. The first-order valence-corrected chi connectivity index (χ1v) is 5.72. The average Bonchev–Trinajstić information content (AvgIpc) is 2.16. The third-order valence-electron chi connectivity index (χ3n) is 2.20. The molecule has 0 aromatic heterocycles. The fraction of sp³-hybridized carbons (Fsp3) is 0.750. The molecule has 1 N–H and O–H groups in total. The van der Waals surface area contributed by atoms with Gasteiger partial charge in [-0.1, -0.05) is 13.8 Å². The molecule has 0 unspecified atom stereocenters. The van der Waals surface area contributed by atoms with Gasteiger partial charge in [-0.3, -0.25) is 4.79 Å². The van der Waals surface area contributed by atoms with E-state index >= 15 is 0 Å². The van der Waals surface area contributed by atoms with Crippen LogP contribution >= 0.6 is 0 Å². The Morgan fingerprint density at radius 2 is 1.87 bits per heavy atom. The molecule has 0 bridgehead atoms. The van der Waals surface area contributed by atoms with Gasteiger partial charge in [0.1, 0.15) is 0 Å². The van der Waals surface area contributed by atoms with Gasteiger partial charge < -0.3 is 10.2 Å². The molecule has 0 radical (unpaired) electrons. The lowest BCUT2D eigenvalue weighted by molar-refractivity contribution is -0.125. The summed E-state index contributed by atoms with van der Waals surface area (Å²) in [4.78, 5) is 13.5. The minimum atomic E-state index is 0.0914. The van der Waals surface area contributed by atoms with Gasteiger partial charge in [-0.05, 0) is 26.7 Å². The number of amides is 1. The highest BCUT2D eigenvalue weighted by Gasteiger charge is 2.06. The maximum absolute atomic E-state index is 11.7. The summed E-state index contributed by atoms with van der Waals surface area (Å²) in [5, 5.41) is 3.23. The Morgan fingerprint density at radius 3 is 2.27 bits per heavy atom. The Labute approximate surface area is 93.5 Å². The molecule has 1 amide bonds. The van der Waals surface area contributed by atoms with Crippen molar-refractivity contribution in [3.8, 4) is 0 Å². The molecule has 0 saturated heterocycles. The van der Waals surface area contributed by atoms with Gasteiger partial charge in [-0.25, -0.2) is 0 Å². The molecule has 0 aromatic rings. The molecular weight excluding hydrogens is 188 g/mol. The third kappa shape index (κ3) is 6.15. The normalized spacial score (nSPS) is 11.7. The van der Waals surface area contributed by atoms with Crippen molar-refractivity contribution in [2.75, 3.05) is 19.6 Å². The highest BCUT2D eigenvalue weighted by molar-refractivity contribution is 5.88. The van der Waals surface area contributed by atoms with Gasteiger partial charge in [0, 0.05) is 31.4 Å². The predicted molar refractivity (Wildman–Crippen MR) is 64.5 cm³/mol. The summed E-state index contributed by atoms with van der Waals surface area (Å²) < 4.78 is 0. The molecule has 0 heterocycles. The van der Waals surface area contributed by atoms with E-state index in [1.165, 1.54) is 0 Å². The van der Waals surface area contributed by atoms with Crippen LogP contribution in [-0.2, 0) is 4.79 Å². The molecule has 0 saturated carbocycles. The van der Waals surface area contributed by atoms with Crippen LogP contribution in [0.25, 0.3) is 0 Å². The van der Waals surface area contributed by atoms with Crippen LogP contribution in [0.2, 0.25) is 0 Å². The lowest BCUT2D eigenvalue weighted by Crippen LogP contribution is -2.30. The number of nitrogens with one attached hydrogen (secondary N) is 1. The summed E-state index contributed by atoms with van der Waals surface area (Å²) in [6, 6.07) is 0. The summed E-state index contributed by atoms with van der Waals surface area (Å²) in [6.07, 6.45) is 1.68. The van der Waals surface area contributed by atoms with Crippen molar-refractivity contribution in [2.45, 2.75) is 34.6 Å². The van der Waals surface area contributed by atoms with Crippen LogP contribution in [0, 0.1) is 5.92 Å². The van der Waals surface area contributed by atoms with Crippen molar-refractivity contribution in [2.24, 2.45) is 5.92 Å². The first-order chi connectivity index (χ1) is 7.01. The van der Waals surface area contributed by atoms with Gasteiger partial charge >= 0.3 is 0 Å². The largest absolute Gasteiger partial charge is 0.388 e. The molecular formula is C12H24N2O. The van der Waals surface area contributed by atoms with E-state index in [1.807, 2.05) is 20.8 Å². The van der Waals surface area contributed by atoms with Crippen LogP contribution in [0.3, 0.4) is 0 Å². The van der Waals surface area contributed by atoms with E-state index in [9.17, 15) is 4.79 Å². The molecule has 3 nitrogen and oxygen atoms in total. The zero-order valence-corrected chi connectivity index (χ0v) is 10.6. The van der Waals surface area contributed by atoms with Crippen molar-refractivity contribution < 1.29 is 4.79 Å². The van der Waals surface area contributed by atoms with Crippen LogP contribution in [-0.4, -0.2) is 30.4 Å². The van der Waals surface area contributed by atoms with Crippen molar-refractivity contribution in [1.82, 2.24) is 10.2 Å². The number of nitrogens with zero attached hydrogens (tertiary/aromatic N) is 1. The molecule has 0 aliphatic rings. The first kappa shape index (κ1) is 14.0. The van der Waals surface area contributed by atoms with Crippen LogP contribution in [0.1, 0.15) is 34.6 Å². The van der Waals surface area contributed by atoms with E-state index < -0.39 is 0 Å². The summed E-state index contributed by atoms with van der Waals surface area (Å²) in [5.41, 5.74) is 0.945. The molecule has 15 heavy (non-hydrogen) atoms. The van der Waals surface area contributed by atoms with E-state index in [0.717, 1.165) is 25.3 Å². The Kier molecular flexibility index (Phi) is 6.84. The summed E-state index contributed by atoms with van der Waals surface area (Å²) >= 11 is 0. The second-order valence-corrected chi connectivity index (χ2v) is 4.11. The zero-order valence-electron chi connectivity index (χ0n) is 10.6. The summed E-state index contributed by atoms with van der Waals surface area (Å²) in [5.74, 6) is 0.686. The minimum Gasteiger partial charge on any atom is -0.388 e. The minimum absolute atomic E-state index is 0.0914. The van der Waals surface area contributed by atoms with Crippen LogP contribution in [0.5, 0.6) is 0 Å². The quantitative estimate of drug-likeness (QED) is 0.683. The summed E-state index contributed by atoms with van der Waals surface area (Å²) in [6.45, 7) is 12.7. The highest BCUT2D eigenvalue weighted by Crippen LogP contribution is 1.96. The van der Waals surface area contributed by atoms with Crippen molar-refractivity contribution >= 4 is 5.91 Å². The van der Waals surface area contributed by atoms with Crippen molar-refractivity contribution in [3.63, 3.8) is 0 Å². The topological polar surface area (TPSA) is 32.3 Å². The maximum Gasteiger partial charge on any atom is 0.248 e. The Hall–Kier alpha value is -0.990. The van der Waals surface area contributed by atoms with Gasteiger partial charge in [0.25, 0.3) is 0 Å². The van der Waals surface area contributed by atoms with Gasteiger partial charge in [-0.2, -0.15) is 0 Å². The van der Waals surface area contributed by atoms with Crippen molar-refractivity contribution in [1.29, 1.82) is 0 Å². The molecule has 0 fully saturated rings. The zero-order chi connectivity index (χ0) is 11.8. The van der Waals surface area contributed by atoms with E-state index in [0.29, 0.717) is 5.92 Å². The van der Waals surface area contributed by atoms with Gasteiger partial charge in [0.2, 0.25) is 5.91 Å². The van der Waals surface area contributed by atoms with Gasteiger partial charge in [0.05, 0.1) is 0 Å². The monoisotopic (exact) mass is 212 g/mol. The first-order valence-electron chi connectivity index (χ1n) is 5.72. The Balaban J connectivity index is 4.15. The average molecular weight is 212 g/mol. The molecule has 0 spiro atoms. The van der Waals surface area contributed by atoms with E-state index in [4.69, 9.17) is 0 Å². The Bertz CT molecular complexity index is 218. The molecule has 0 aliphatic carbocycles. The van der Waals surface area contributed by atoms with Crippen LogP contribution < -0.4 is 5.32 Å². The molecule has 0 aromatic carbocycles. The number of likely N-dealkylation sites (N-methyl/N-ethyl adjacent to an activating group) is 1. The number of carbonyl (C=O) groups excluding carboxylic acids is 1. The summed E-state index contributed by atoms with van der Waals surface area (Å²) in [7, 11) is 0. The maximum atomic E-state index is 11.7. The van der Waals surface area contributed by atoms with Crippen LogP contribution in [0.15, 0.2) is 11.8 Å². The lowest BCUT2D eigenvalue weighted by atomic mass is 10.2. The number of allylic oxidation sites excluding steroid dienone is 1. The SMILES string of the molecule is CCN(CC)C(=O)C=C(C)NCC(C)C. The number of rotatable bonds is 6.